The molecule has 1 heterocycles. The monoisotopic (exact) mass is 332 g/mol. The smallest absolute Gasteiger partial charge is 0.253 e. The van der Waals surface area contributed by atoms with Gasteiger partial charge in [0.1, 0.15) is 0 Å². The Balaban J connectivity index is 1.98. The Morgan fingerprint density at radius 2 is 1.62 bits per heavy atom. The van der Waals surface area contributed by atoms with Crippen LogP contribution < -0.4 is 11.1 Å². The van der Waals surface area contributed by atoms with Crippen LogP contribution in [-0.2, 0) is 4.79 Å². The summed E-state index contributed by atoms with van der Waals surface area (Å²) in [5, 5.41) is 2.80. The lowest BCUT2D eigenvalue weighted by Gasteiger charge is -2.32. The van der Waals surface area contributed by atoms with Crippen LogP contribution in [-0.4, -0.2) is 60.9 Å². The van der Waals surface area contributed by atoms with Gasteiger partial charge in [0.25, 0.3) is 5.91 Å². The van der Waals surface area contributed by atoms with Crippen molar-refractivity contribution in [2.75, 3.05) is 38.5 Å². The lowest BCUT2D eigenvalue weighted by atomic mass is 9.87. The molecule has 0 saturated carbocycles. The van der Waals surface area contributed by atoms with Gasteiger partial charge in [-0.05, 0) is 36.7 Å². The average Bonchev–Trinajstić information content (AvgIpc) is 2.54. The minimum Gasteiger partial charge on any atom is -0.336 e. The van der Waals surface area contributed by atoms with E-state index in [9.17, 15) is 9.59 Å². The zero-order valence-corrected chi connectivity index (χ0v) is 15.0. The van der Waals surface area contributed by atoms with E-state index in [1.54, 1.807) is 24.3 Å². The predicted molar refractivity (Wildman–Crippen MR) is 95.9 cm³/mol. The van der Waals surface area contributed by atoms with E-state index in [1.807, 2.05) is 25.7 Å². The van der Waals surface area contributed by atoms with Crippen LogP contribution in [0, 0.1) is 5.41 Å². The molecule has 2 rings (SSSR count). The van der Waals surface area contributed by atoms with Gasteiger partial charge in [0, 0.05) is 37.4 Å². The molecule has 0 aromatic heterocycles. The maximum absolute atomic E-state index is 12.5. The Labute approximate surface area is 144 Å². The highest BCUT2D eigenvalue weighted by Crippen LogP contribution is 2.19. The molecule has 6 heteroatoms. The summed E-state index contributed by atoms with van der Waals surface area (Å²) in [6.45, 7) is 9.05. The molecular formula is C18H28N4O2. The van der Waals surface area contributed by atoms with Crippen molar-refractivity contribution in [2.45, 2.75) is 26.8 Å². The van der Waals surface area contributed by atoms with Crippen LogP contribution in [0.3, 0.4) is 0 Å². The maximum Gasteiger partial charge on any atom is 0.253 e. The van der Waals surface area contributed by atoms with Crippen molar-refractivity contribution in [2.24, 2.45) is 11.1 Å². The standard InChI is InChI=1S/C18H28N4O2/c1-18(2,3)15(19)16(23)20-14-7-5-13(6-8-14)17(24)22-11-9-21(4)10-12-22/h5-8,15H,9-12,19H2,1-4H3,(H,20,23)/t15-/m1/s1. The number of piperazine rings is 1. The molecule has 1 aliphatic rings. The van der Waals surface area contributed by atoms with E-state index >= 15 is 0 Å². The summed E-state index contributed by atoms with van der Waals surface area (Å²) in [4.78, 5) is 28.7. The average molecular weight is 332 g/mol. The first-order valence-electron chi connectivity index (χ1n) is 8.33. The normalized spacial score (nSPS) is 17.5. The van der Waals surface area contributed by atoms with Gasteiger partial charge in [-0.1, -0.05) is 20.8 Å². The van der Waals surface area contributed by atoms with Gasteiger partial charge in [-0.2, -0.15) is 0 Å². The highest BCUT2D eigenvalue weighted by Gasteiger charge is 2.27. The molecular weight excluding hydrogens is 304 g/mol. The second kappa shape index (κ2) is 7.32. The van der Waals surface area contributed by atoms with Gasteiger partial charge < -0.3 is 20.9 Å². The first-order chi connectivity index (χ1) is 11.2. The number of hydrogen-bond acceptors (Lipinski definition) is 4. The second-order valence-corrected chi connectivity index (χ2v) is 7.51. The number of amides is 2. The Morgan fingerprint density at radius 3 is 2.12 bits per heavy atom. The molecule has 0 unspecified atom stereocenters. The van der Waals surface area contributed by atoms with Crippen LogP contribution in [0.1, 0.15) is 31.1 Å². The molecule has 1 atom stereocenters. The third-order valence-corrected chi connectivity index (χ3v) is 4.41. The number of anilines is 1. The van der Waals surface area contributed by atoms with Crippen LogP contribution in [0.15, 0.2) is 24.3 Å². The third-order valence-electron chi connectivity index (χ3n) is 4.41. The lowest BCUT2D eigenvalue weighted by molar-refractivity contribution is -0.119. The van der Waals surface area contributed by atoms with E-state index in [0.29, 0.717) is 11.3 Å². The van der Waals surface area contributed by atoms with Gasteiger partial charge in [-0.15, -0.1) is 0 Å². The van der Waals surface area contributed by atoms with Crippen molar-refractivity contribution in [1.29, 1.82) is 0 Å². The number of benzene rings is 1. The van der Waals surface area contributed by atoms with Crippen LogP contribution in [0.5, 0.6) is 0 Å². The molecule has 1 aromatic carbocycles. The number of hydrogen-bond donors (Lipinski definition) is 2. The summed E-state index contributed by atoms with van der Waals surface area (Å²) in [5.74, 6) is -0.187. The van der Waals surface area contributed by atoms with E-state index in [0.717, 1.165) is 26.2 Å². The second-order valence-electron chi connectivity index (χ2n) is 7.51. The van der Waals surface area contributed by atoms with E-state index in [4.69, 9.17) is 5.73 Å². The summed E-state index contributed by atoms with van der Waals surface area (Å²) in [6.07, 6.45) is 0. The number of nitrogens with two attached hydrogens (primary N) is 1. The number of nitrogens with zero attached hydrogens (tertiary/aromatic N) is 2. The van der Waals surface area contributed by atoms with Crippen molar-refractivity contribution in [3.63, 3.8) is 0 Å². The molecule has 1 saturated heterocycles. The fourth-order valence-corrected chi connectivity index (χ4v) is 2.50. The van der Waals surface area contributed by atoms with Gasteiger partial charge in [-0.25, -0.2) is 0 Å². The van der Waals surface area contributed by atoms with E-state index < -0.39 is 6.04 Å². The zero-order chi connectivity index (χ0) is 17.9. The van der Waals surface area contributed by atoms with Crippen LogP contribution in [0.4, 0.5) is 5.69 Å². The van der Waals surface area contributed by atoms with Gasteiger partial charge in [0.15, 0.2) is 0 Å². The highest BCUT2D eigenvalue weighted by molar-refractivity contribution is 5.97. The molecule has 6 nitrogen and oxygen atoms in total. The molecule has 2 amide bonds. The fraction of sp³-hybridized carbons (Fsp3) is 0.556. The number of carbonyl (C=O) groups is 2. The van der Waals surface area contributed by atoms with E-state index in [-0.39, 0.29) is 17.2 Å². The lowest BCUT2D eigenvalue weighted by Crippen LogP contribution is -2.47. The summed E-state index contributed by atoms with van der Waals surface area (Å²) >= 11 is 0. The molecule has 1 fully saturated rings. The summed E-state index contributed by atoms with van der Waals surface area (Å²) < 4.78 is 0. The van der Waals surface area contributed by atoms with Crippen molar-refractivity contribution < 1.29 is 9.59 Å². The number of nitrogens with one attached hydrogen (secondary N) is 1. The summed E-state index contributed by atoms with van der Waals surface area (Å²) in [6, 6.07) is 6.40. The summed E-state index contributed by atoms with van der Waals surface area (Å²) in [7, 11) is 2.06. The van der Waals surface area contributed by atoms with Crippen LogP contribution in [0.2, 0.25) is 0 Å². The molecule has 0 bridgehead atoms. The van der Waals surface area contributed by atoms with Gasteiger partial charge >= 0.3 is 0 Å². The minimum atomic E-state index is -0.593. The molecule has 132 valence electrons. The minimum absolute atomic E-state index is 0.0346. The predicted octanol–water partition coefficient (Wildman–Crippen LogP) is 1.39. The number of rotatable bonds is 3. The van der Waals surface area contributed by atoms with Crippen LogP contribution >= 0.6 is 0 Å². The topological polar surface area (TPSA) is 78.7 Å². The summed E-state index contributed by atoms with van der Waals surface area (Å²) in [5.41, 5.74) is 6.93. The SMILES string of the molecule is CN1CCN(C(=O)c2ccc(NC(=O)[C@@H](N)C(C)(C)C)cc2)CC1. The van der Waals surface area contributed by atoms with E-state index in [2.05, 4.69) is 17.3 Å². The Morgan fingerprint density at radius 1 is 1.08 bits per heavy atom. The Bertz CT molecular complexity index is 584. The molecule has 0 spiro atoms. The first kappa shape index (κ1) is 18.4. The number of likely N-dealkylation sites (N-methyl/N-ethyl adjacent to an activating group) is 1. The molecule has 1 aliphatic heterocycles. The molecule has 1 aromatic rings. The zero-order valence-electron chi connectivity index (χ0n) is 15.0. The van der Waals surface area contributed by atoms with Crippen molar-refractivity contribution >= 4 is 17.5 Å². The quantitative estimate of drug-likeness (QED) is 0.877. The van der Waals surface area contributed by atoms with Crippen molar-refractivity contribution in [3.05, 3.63) is 29.8 Å². The molecule has 0 radical (unpaired) electrons. The van der Waals surface area contributed by atoms with Gasteiger partial charge in [-0.3, -0.25) is 9.59 Å². The molecule has 0 aliphatic carbocycles. The molecule has 3 N–H and O–H groups in total. The van der Waals surface area contributed by atoms with Crippen molar-refractivity contribution in [1.82, 2.24) is 9.80 Å². The third kappa shape index (κ3) is 4.55. The van der Waals surface area contributed by atoms with E-state index in [1.165, 1.54) is 0 Å². The highest BCUT2D eigenvalue weighted by atomic mass is 16.2. The van der Waals surface area contributed by atoms with Gasteiger partial charge in [0.2, 0.25) is 5.91 Å². The Kier molecular flexibility index (Phi) is 5.62. The van der Waals surface area contributed by atoms with Crippen molar-refractivity contribution in [3.8, 4) is 0 Å². The molecule has 24 heavy (non-hydrogen) atoms. The fourth-order valence-electron chi connectivity index (χ4n) is 2.50. The Hall–Kier alpha value is -1.92. The van der Waals surface area contributed by atoms with Crippen LogP contribution in [0.25, 0.3) is 0 Å². The van der Waals surface area contributed by atoms with Gasteiger partial charge in [0.05, 0.1) is 6.04 Å². The number of carbonyl (C=O) groups excluding carboxylic acids is 2. The maximum atomic E-state index is 12.5. The largest absolute Gasteiger partial charge is 0.336 e. The first-order valence-corrected chi connectivity index (χ1v) is 8.33.